The topological polar surface area (TPSA) is 152 Å². The van der Waals surface area contributed by atoms with Crippen molar-refractivity contribution in [1.82, 2.24) is 9.97 Å². The van der Waals surface area contributed by atoms with E-state index in [9.17, 15) is 28.5 Å². The van der Waals surface area contributed by atoms with Crippen molar-refractivity contribution in [2.24, 2.45) is 5.92 Å². The highest BCUT2D eigenvalue weighted by Gasteiger charge is 2.38. The van der Waals surface area contributed by atoms with Gasteiger partial charge in [-0.25, -0.2) is 9.78 Å². The number of anilines is 2. The SMILES string of the molecule is CC(=O)Nc1ccc(-c2c(C#N)c(NCC(C)C)nc(SCc3cccnc3)c2C#N)cc1.O=C(O)C(F)(F)F. The molecular formula is C27H25F3N6O3S. The third-order valence-electron chi connectivity index (χ3n) is 4.90. The molecule has 3 rings (SSSR count). The Labute approximate surface area is 233 Å². The molecule has 2 heterocycles. The highest BCUT2D eigenvalue weighted by atomic mass is 32.2. The van der Waals surface area contributed by atoms with Crippen LogP contribution in [0, 0.1) is 28.6 Å². The van der Waals surface area contributed by atoms with E-state index in [1.54, 1.807) is 36.7 Å². The predicted octanol–water partition coefficient (Wildman–Crippen LogP) is 5.84. The molecule has 3 N–H and O–H groups in total. The van der Waals surface area contributed by atoms with E-state index in [1.807, 2.05) is 12.1 Å². The van der Waals surface area contributed by atoms with Crippen molar-refractivity contribution in [2.75, 3.05) is 17.2 Å². The second kappa shape index (κ2) is 14.5. The molecule has 40 heavy (non-hydrogen) atoms. The van der Waals surface area contributed by atoms with Crippen LogP contribution in [-0.4, -0.2) is 39.7 Å². The Bertz CT molecular complexity index is 1420. The minimum Gasteiger partial charge on any atom is -0.475 e. The number of pyridine rings is 2. The first kappa shape index (κ1) is 31.6. The third-order valence-corrected chi connectivity index (χ3v) is 5.95. The number of carboxylic acid groups (broad SMARTS) is 1. The van der Waals surface area contributed by atoms with Crippen LogP contribution in [-0.2, 0) is 15.3 Å². The summed E-state index contributed by atoms with van der Waals surface area (Å²) < 4.78 is 31.7. The van der Waals surface area contributed by atoms with Gasteiger partial charge < -0.3 is 15.7 Å². The van der Waals surface area contributed by atoms with Crippen LogP contribution >= 0.6 is 11.8 Å². The van der Waals surface area contributed by atoms with Gasteiger partial charge in [0, 0.05) is 42.9 Å². The fraction of sp³-hybridized carbons (Fsp3) is 0.259. The Kier molecular flexibility index (Phi) is 11.5. The van der Waals surface area contributed by atoms with E-state index in [0.717, 1.165) is 5.56 Å². The number of alkyl halides is 3. The first-order valence-electron chi connectivity index (χ1n) is 11.7. The van der Waals surface area contributed by atoms with Crippen molar-refractivity contribution >= 4 is 35.1 Å². The minimum absolute atomic E-state index is 0.170. The third kappa shape index (κ3) is 9.29. The number of rotatable bonds is 8. The zero-order valence-corrected chi connectivity index (χ0v) is 22.5. The van der Waals surface area contributed by atoms with Gasteiger partial charge in [-0.1, -0.05) is 32.0 Å². The highest BCUT2D eigenvalue weighted by molar-refractivity contribution is 7.98. The molecule has 0 unspecified atom stereocenters. The summed E-state index contributed by atoms with van der Waals surface area (Å²) in [6, 6.07) is 15.4. The largest absolute Gasteiger partial charge is 0.490 e. The monoisotopic (exact) mass is 570 g/mol. The number of thioether (sulfide) groups is 1. The maximum atomic E-state index is 11.4. The molecule has 0 bridgehead atoms. The molecule has 0 atom stereocenters. The van der Waals surface area contributed by atoms with Crippen molar-refractivity contribution in [3.05, 3.63) is 65.5 Å². The van der Waals surface area contributed by atoms with Gasteiger partial charge in [-0.3, -0.25) is 9.78 Å². The number of amides is 1. The molecule has 0 saturated carbocycles. The van der Waals surface area contributed by atoms with Gasteiger partial charge >= 0.3 is 12.1 Å². The van der Waals surface area contributed by atoms with Gasteiger partial charge in [0.2, 0.25) is 5.91 Å². The van der Waals surface area contributed by atoms with Gasteiger partial charge in [0.15, 0.2) is 0 Å². The Hall–Kier alpha value is -4.62. The van der Waals surface area contributed by atoms with Gasteiger partial charge in [0.25, 0.3) is 0 Å². The van der Waals surface area contributed by atoms with E-state index in [2.05, 4.69) is 46.6 Å². The Balaban J connectivity index is 0.000000708. The van der Waals surface area contributed by atoms with Crippen molar-refractivity contribution in [3.63, 3.8) is 0 Å². The van der Waals surface area contributed by atoms with E-state index >= 15 is 0 Å². The first-order chi connectivity index (χ1) is 18.9. The summed E-state index contributed by atoms with van der Waals surface area (Å²) in [5, 5.41) is 33.7. The van der Waals surface area contributed by atoms with E-state index < -0.39 is 12.1 Å². The summed E-state index contributed by atoms with van der Waals surface area (Å²) in [7, 11) is 0. The smallest absolute Gasteiger partial charge is 0.475 e. The summed E-state index contributed by atoms with van der Waals surface area (Å²) in [6.45, 7) is 6.23. The first-order valence-corrected chi connectivity index (χ1v) is 12.7. The number of aliphatic carboxylic acids is 1. The fourth-order valence-corrected chi connectivity index (χ4v) is 4.08. The number of hydrogen-bond donors (Lipinski definition) is 3. The molecule has 0 spiro atoms. The lowest BCUT2D eigenvalue weighted by Gasteiger charge is -2.17. The van der Waals surface area contributed by atoms with Gasteiger partial charge in [0.05, 0.1) is 5.56 Å². The average molecular weight is 571 g/mol. The van der Waals surface area contributed by atoms with Crippen molar-refractivity contribution in [3.8, 4) is 23.3 Å². The maximum absolute atomic E-state index is 11.4. The lowest BCUT2D eigenvalue weighted by atomic mass is 9.96. The zero-order chi connectivity index (χ0) is 29.9. The standard InChI is InChI=1S/C25H24N6OS.C2HF3O2/c1-16(2)13-29-24-21(11-26)23(19-6-8-20(9-7-19)30-17(3)32)22(12-27)25(31-24)33-15-18-5-4-10-28-14-18;3-2(4,5)1(6)7/h4-10,14,16H,13,15H2,1-3H3,(H,29,31)(H,30,32);(H,6,7). The van der Waals surface area contributed by atoms with Gasteiger partial charge in [-0.15, -0.1) is 11.8 Å². The number of benzene rings is 1. The second-order valence-electron chi connectivity index (χ2n) is 8.60. The molecule has 0 aliphatic carbocycles. The van der Waals surface area contributed by atoms with Crippen LogP contribution in [0.4, 0.5) is 24.7 Å². The number of carbonyl (C=O) groups is 2. The lowest BCUT2D eigenvalue weighted by molar-refractivity contribution is -0.192. The molecule has 1 amide bonds. The predicted molar refractivity (Wildman–Crippen MR) is 144 cm³/mol. The number of hydrogen-bond acceptors (Lipinski definition) is 8. The molecule has 0 fully saturated rings. The Morgan fingerprint density at radius 2 is 1.73 bits per heavy atom. The molecule has 0 saturated heterocycles. The summed E-state index contributed by atoms with van der Waals surface area (Å²) in [4.78, 5) is 29.1. The fourth-order valence-electron chi connectivity index (χ4n) is 3.16. The van der Waals surface area contributed by atoms with Crippen LogP contribution in [0.5, 0.6) is 0 Å². The molecule has 2 aromatic heterocycles. The molecular weight excluding hydrogens is 545 g/mol. The summed E-state index contributed by atoms with van der Waals surface area (Å²) >= 11 is 1.43. The molecule has 3 aromatic rings. The van der Waals surface area contributed by atoms with Crippen LogP contribution in [0.1, 0.15) is 37.5 Å². The van der Waals surface area contributed by atoms with Crippen LogP contribution in [0.3, 0.4) is 0 Å². The number of nitriles is 2. The van der Waals surface area contributed by atoms with Crippen molar-refractivity contribution in [2.45, 2.75) is 37.7 Å². The summed E-state index contributed by atoms with van der Waals surface area (Å²) in [5.74, 6) is -1.53. The Morgan fingerprint density at radius 1 is 1.10 bits per heavy atom. The van der Waals surface area contributed by atoms with E-state index in [0.29, 0.717) is 57.0 Å². The van der Waals surface area contributed by atoms with Crippen molar-refractivity contribution < 1.29 is 27.9 Å². The molecule has 9 nitrogen and oxygen atoms in total. The molecule has 1 aromatic carbocycles. The molecule has 13 heteroatoms. The molecule has 208 valence electrons. The zero-order valence-electron chi connectivity index (χ0n) is 21.7. The van der Waals surface area contributed by atoms with Crippen LogP contribution in [0.15, 0.2) is 53.8 Å². The molecule has 0 radical (unpaired) electrons. The molecule has 0 aliphatic heterocycles. The van der Waals surface area contributed by atoms with Crippen LogP contribution in [0.2, 0.25) is 0 Å². The summed E-state index contributed by atoms with van der Waals surface area (Å²) in [5.41, 5.74) is 3.56. The lowest BCUT2D eigenvalue weighted by Crippen LogP contribution is -2.21. The van der Waals surface area contributed by atoms with E-state index in [1.165, 1.54) is 18.7 Å². The number of carboxylic acids is 1. The van der Waals surface area contributed by atoms with Crippen molar-refractivity contribution in [1.29, 1.82) is 10.5 Å². The highest BCUT2D eigenvalue weighted by Crippen LogP contribution is 2.38. The number of nitrogens with zero attached hydrogens (tertiary/aromatic N) is 4. The maximum Gasteiger partial charge on any atom is 0.490 e. The number of halogens is 3. The minimum atomic E-state index is -5.08. The second-order valence-corrected chi connectivity index (χ2v) is 9.56. The quantitative estimate of drug-likeness (QED) is 0.284. The number of carbonyl (C=O) groups excluding carboxylic acids is 1. The van der Waals surface area contributed by atoms with Gasteiger partial charge in [0.1, 0.15) is 28.5 Å². The normalized spacial score (nSPS) is 10.5. The van der Waals surface area contributed by atoms with Crippen LogP contribution < -0.4 is 10.6 Å². The van der Waals surface area contributed by atoms with Gasteiger partial charge in [-0.05, 0) is 35.2 Å². The average Bonchev–Trinajstić information content (AvgIpc) is 2.90. The number of aromatic nitrogens is 2. The summed E-state index contributed by atoms with van der Waals surface area (Å²) in [6.07, 6.45) is -1.59. The molecule has 0 aliphatic rings. The van der Waals surface area contributed by atoms with E-state index in [4.69, 9.17) is 9.90 Å². The Morgan fingerprint density at radius 3 is 2.20 bits per heavy atom. The van der Waals surface area contributed by atoms with E-state index in [-0.39, 0.29) is 5.91 Å². The number of nitrogens with one attached hydrogen (secondary N) is 2. The van der Waals surface area contributed by atoms with Crippen LogP contribution in [0.25, 0.3) is 11.1 Å². The van der Waals surface area contributed by atoms with Gasteiger partial charge in [-0.2, -0.15) is 23.7 Å².